The molecule has 3 nitrogen and oxygen atoms in total. The van der Waals surface area contributed by atoms with Crippen LogP contribution in [0, 0.1) is 0 Å². The topological polar surface area (TPSA) is 33.2 Å². The van der Waals surface area contributed by atoms with Gasteiger partial charge in [0.05, 0.1) is 20.8 Å². The van der Waals surface area contributed by atoms with Crippen molar-refractivity contribution in [2.45, 2.75) is 12.8 Å². The van der Waals surface area contributed by atoms with E-state index in [2.05, 4.69) is 28.1 Å². The van der Waals surface area contributed by atoms with Crippen LogP contribution < -0.4 is 10.3 Å². The number of fused-ring (bicyclic) bond motifs is 2. The van der Waals surface area contributed by atoms with E-state index in [1.807, 2.05) is 6.07 Å². The normalized spacial score (nSPS) is 15.3. The van der Waals surface area contributed by atoms with Crippen molar-refractivity contribution in [3.05, 3.63) is 46.6 Å². The minimum absolute atomic E-state index is 0.0468. The van der Waals surface area contributed by atoms with Crippen LogP contribution in [0.25, 0.3) is 20.8 Å². The van der Waals surface area contributed by atoms with Crippen molar-refractivity contribution in [1.82, 2.24) is 4.98 Å². The van der Waals surface area contributed by atoms with Crippen LogP contribution in [0.4, 0.5) is 5.69 Å². The van der Waals surface area contributed by atoms with Crippen LogP contribution in [-0.4, -0.2) is 18.1 Å². The molecule has 1 aromatic carbocycles. The minimum atomic E-state index is 0.0468. The number of aromatic nitrogens is 1. The lowest BCUT2D eigenvalue weighted by molar-refractivity contribution is 0.949. The van der Waals surface area contributed by atoms with E-state index in [1.54, 1.807) is 23.5 Å². The molecular formula is C16H14N2OS. The predicted molar refractivity (Wildman–Crippen MR) is 84.0 cm³/mol. The Balaban J connectivity index is 1.90. The van der Waals surface area contributed by atoms with Crippen LogP contribution in [0.15, 0.2) is 41.2 Å². The van der Waals surface area contributed by atoms with E-state index in [0.29, 0.717) is 0 Å². The van der Waals surface area contributed by atoms with Gasteiger partial charge in [-0.2, -0.15) is 0 Å². The van der Waals surface area contributed by atoms with Gasteiger partial charge in [-0.15, -0.1) is 11.3 Å². The summed E-state index contributed by atoms with van der Waals surface area (Å²) in [5.41, 5.74) is 3.22. The van der Waals surface area contributed by atoms with E-state index in [0.717, 1.165) is 33.9 Å². The second-order valence-corrected chi connectivity index (χ2v) is 6.27. The SMILES string of the molecule is O=c1ccc2nc3ccc(N4CCCC4)cc3sc-2c1. The molecule has 4 heteroatoms. The number of hydrogen-bond donors (Lipinski definition) is 0. The molecule has 0 saturated carbocycles. The Kier molecular flexibility index (Phi) is 2.70. The average Bonchev–Trinajstić information content (AvgIpc) is 2.98. The minimum Gasteiger partial charge on any atom is -0.371 e. The van der Waals surface area contributed by atoms with Crippen molar-refractivity contribution < 1.29 is 0 Å². The van der Waals surface area contributed by atoms with Gasteiger partial charge in [0, 0.05) is 24.8 Å². The van der Waals surface area contributed by atoms with Crippen LogP contribution in [0.2, 0.25) is 0 Å². The van der Waals surface area contributed by atoms with Gasteiger partial charge in [0.1, 0.15) is 0 Å². The number of rotatable bonds is 1. The summed E-state index contributed by atoms with van der Waals surface area (Å²) in [4.78, 5) is 19.5. The molecule has 0 bridgehead atoms. The molecule has 0 radical (unpaired) electrons. The van der Waals surface area contributed by atoms with Gasteiger partial charge in [-0.05, 0) is 43.2 Å². The molecule has 20 heavy (non-hydrogen) atoms. The highest BCUT2D eigenvalue weighted by Crippen LogP contribution is 2.32. The van der Waals surface area contributed by atoms with E-state index < -0.39 is 0 Å². The maximum absolute atomic E-state index is 11.5. The average molecular weight is 282 g/mol. The third-order valence-corrected chi connectivity index (χ3v) is 4.90. The monoisotopic (exact) mass is 282 g/mol. The zero-order valence-corrected chi connectivity index (χ0v) is 11.8. The first-order valence-electron chi connectivity index (χ1n) is 6.89. The second-order valence-electron chi connectivity index (χ2n) is 5.19. The lowest BCUT2D eigenvalue weighted by Crippen LogP contribution is -2.17. The Labute approximate surface area is 120 Å². The summed E-state index contributed by atoms with van der Waals surface area (Å²) in [7, 11) is 0. The summed E-state index contributed by atoms with van der Waals surface area (Å²) in [6, 6.07) is 11.5. The van der Waals surface area contributed by atoms with Gasteiger partial charge in [0.2, 0.25) is 0 Å². The summed E-state index contributed by atoms with van der Waals surface area (Å²) < 4.78 is 1.15. The van der Waals surface area contributed by atoms with Crippen LogP contribution >= 0.6 is 11.3 Å². The molecule has 0 unspecified atom stereocenters. The van der Waals surface area contributed by atoms with Crippen LogP contribution in [0.3, 0.4) is 0 Å². The third-order valence-electron chi connectivity index (χ3n) is 3.81. The first kappa shape index (κ1) is 11.9. The van der Waals surface area contributed by atoms with Crippen molar-refractivity contribution in [2.24, 2.45) is 0 Å². The molecule has 2 aliphatic heterocycles. The van der Waals surface area contributed by atoms with Gasteiger partial charge in [0.25, 0.3) is 0 Å². The molecule has 0 amide bonds. The van der Waals surface area contributed by atoms with Gasteiger partial charge in [-0.1, -0.05) is 0 Å². The van der Waals surface area contributed by atoms with Gasteiger partial charge in [-0.25, -0.2) is 4.98 Å². The maximum atomic E-state index is 11.5. The Bertz CT molecular complexity index is 805. The van der Waals surface area contributed by atoms with E-state index >= 15 is 0 Å². The largest absolute Gasteiger partial charge is 0.371 e. The Morgan fingerprint density at radius 2 is 1.90 bits per heavy atom. The maximum Gasteiger partial charge on any atom is 0.180 e. The molecule has 0 aromatic heterocycles. The smallest absolute Gasteiger partial charge is 0.180 e. The molecule has 1 aliphatic carbocycles. The van der Waals surface area contributed by atoms with Gasteiger partial charge in [-0.3, -0.25) is 4.79 Å². The second kappa shape index (κ2) is 4.56. The van der Waals surface area contributed by atoms with E-state index in [-0.39, 0.29) is 5.43 Å². The van der Waals surface area contributed by atoms with E-state index in [4.69, 9.17) is 0 Å². The number of hydrogen-bond acceptors (Lipinski definition) is 4. The fourth-order valence-corrected chi connectivity index (χ4v) is 3.79. The number of benzene rings is 2. The van der Waals surface area contributed by atoms with Crippen LogP contribution in [0.5, 0.6) is 0 Å². The number of nitrogens with zero attached hydrogens (tertiary/aromatic N) is 2. The summed E-state index contributed by atoms with van der Waals surface area (Å²) in [5, 5.41) is 0. The molecule has 1 aromatic rings. The zero-order chi connectivity index (χ0) is 13.5. The fourth-order valence-electron chi connectivity index (χ4n) is 2.77. The predicted octanol–water partition coefficient (Wildman–Crippen LogP) is 3.36. The number of anilines is 1. The summed E-state index contributed by atoms with van der Waals surface area (Å²) >= 11 is 1.65. The Morgan fingerprint density at radius 1 is 1.05 bits per heavy atom. The van der Waals surface area contributed by atoms with Gasteiger partial charge >= 0.3 is 0 Å². The molecule has 0 atom stereocenters. The molecule has 100 valence electrons. The zero-order valence-electron chi connectivity index (χ0n) is 11.0. The highest BCUT2D eigenvalue weighted by atomic mass is 32.1. The highest BCUT2D eigenvalue weighted by molar-refractivity contribution is 7.21. The fraction of sp³-hybridized carbons (Fsp3) is 0.250. The molecule has 1 saturated heterocycles. The molecule has 0 spiro atoms. The summed E-state index contributed by atoms with van der Waals surface area (Å²) in [5.74, 6) is 0. The summed E-state index contributed by atoms with van der Waals surface area (Å²) in [6.45, 7) is 2.28. The molecule has 2 heterocycles. The van der Waals surface area contributed by atoms with Crippen molar-refractivity contribution in [3.63, 3.8) is 0 Å². The summed E-state index contributed by atoms with van der Waals surface area (Å²) in [6.07, 6.45) is 2.55. The van der Waals surface area contributed by atoms with Crippen molar-refractivity contribution in [3.8, 4) is 10.6 Å². The quantitative estimate of drug-likeness (QED) is 0.642. The molecule has 3 aliphatic rings. The lowest BCUT2D eigenvalue weighted by Gasteiger charge is -2.18. The molecule has 4 rings (SSSR count). The van der Waals surface area contributed by atoms with Gasteiger partial charge in [0.15, 0.2) is 5.43 Å². The molecule has 0 N–H and O–H groups in total. The lowest BCUT2D eigenvalue weighted by atomic mass is 10.2. The van der Waals surface area contributed by atoms with Crippen molar-refractivity contribution in [1.29, 1.82) is 0 Å². The van der Waals surface area contributed by atoms with Crippen molar-refractivity contribution in [2.75, 3.05) is 18.0 Å². The molecule has 1 fully saturated rings. The van der Waals surface area contributed by atoms with E-state index in [1.165, 1.54) is 18.5 Å². The molecular weight excluding hydrogens is 268 g/mol. The standard InChI is InChI=1S/C16H14N2OS/c19-12-4-6-14-16(10-12)20-15-9-11(3-5-13(15)17-14)18-7-1-2-8-18/h3-6,9-10H,1-2,7-8H2. The first-order chi connectivity index (χ1) is 9.79. The highest BCUT2D eigenvalue weighted by Gasteiger charge is 2.14. The van der Waals surface area contributed by atoms with Gasteiger partial charge < -0.3 is 4.90 Å². The first-order valence-corrected chi connectivity index (χ1v) is 7.71. The van der Waals surface area contributed by atoms with Crippen molar-refractivity contribution >= 4 is 27.2 Å². The Morgan fingerprint density at radius 3 is 2.75 bits per heavy atom. The third kappa shape index (κ3) is 1.96. The van der Waals surface area contributed by atoms with E-state index in [9.17, 15) is 4.79 Å². The van der Waals surface area contributed by atoms with Crippen LogP contribution in [-0.2, 0) is 0 Å². The Hall–Kier alpha value is -1.94. The van der Waals surface area contributed by atoms with Crippen LogP contribution in [0.1, 0.15) is 12.8 Å².